The first-order valence-electron chi connectivity index (χ1n) is 17.7. The lowest BCUT2D eigenvalue weighted by Crippen LogP contribution is -2.65. The van der Waals surface area contributed by atoms with E-state index in [4.69, 9.17) is 4.74 Å². The summed E-state index contributed by atoms with van der Waals surface area (Å²) in [5.41, 5.74) is -0.122. The van der Waals surface area contributed by atoms with Crippen LogP contribution in [0.3, 0.4) is 0 Å². The van der Waals surface area contributed by atoms with Crippen LogP contribution in [0.5, 0.6) is 0 Å². The number of rotatable bonds is 4. The summed E-state index contributed by atoms with van der Waals surface area (Å²) in [6.45, 7) is 19.0. The molecule has 1 N–H and O–H groups in total. The molecule has 5 aliphatic rings. The topological polar surface area (TPSA) is 98.2 Å². The van der Waals surface area contributed by atoms with Crippen LogP contribution in [0.4, 0.5) is 0 Å². The third kappa shape index (κ3) is 4.63. The van der Waals surface area contributed by atoms with Gasteiger partial charge in [0.2, 0.25) is 5.91 Å². The van der Waals surface area contributed by atoms with Crippen LogP contribution < -0.4 is 11.2 Å². The SMILES string of the molecule is CCCC(=O)O[C@H]1CC[C@]2(C)[C@H]3CC=C4[C@@H]5CC(C)(C)CC[C@]5(C(=O)n5ccc(=O)[nH]c5=O)CC[C@@]4(C)[C@]3(C)CC[C@H]2C1(C)C. The Labute approximate surface area is 269 Å². The number of esters is 1. The summed E-state index contributed by atoms with van der Waals surface area (Å²) in [4.78, 5) is 54.1. The van der Waals surface area contributed by atoms with Crippen LogP contribution in [0.25, 0.3) is 0 Å². The first-order valence-corrected chi connectivity index (χ1v) is 17.7. The lowest BCUT2D eigenvalue weighted by Gasteiger charge is -2.71. The zero-order valence-electron chi connectivity index (χ0n) is 29.0. The Morgan fingerprint density at radius 3 is 2.33 bits per heavy atom. The monoisotopic (exact) mass is 620 g/mol. The van der Waals surface area contributed by atoms with Crippen molar-refractivity contribution in [3.05, 3.63) is 44.8 Å². The molecule has 0 unspecified atom stereocenters. The van der Waals surface area contributed by atoms with E-state index in [0.717, 1.165) is 70.6 Å². The molecule has 4 fully saturated rings. The quantitative estimate of drug-likeness (QED) is 0.275. The molecule has 1 heterocycles. The molecule has 45 heavy (non-hydrogen) atoms. The molecule has 7 heteroatoms. The summed E-state index contributed by atoms with van der Waals surface area (Å²) < 4.78 is 7.33. The summed E-state index contributed by atoms with van der Waals surface area (Å²) in [6, 6.07) is 1.29. The molecule has 8 atom stereocenters. The lowest BCUT2D eigenvalue weighted by atomic mass is 9.33. The smallest absolute Gasteiger partial charge is 0.335 e. The summed E-state index contributed by atoms with van der Waals surface area (Å²) in [6.07, 6.45) is 14.7. The largest absolute Gasteiger partial charge is 0.462 e. The number of aromatic nitrogens is 2. The normalized spacial score (nSPS) is 41.4. The highest BCUT2D eigenvalue weighted by molar-refractivity contribution is 5.86. The van der Waals surface area contributed by atoms with Crippen LogP contribution in [0.15, 0.2) is 33.5 Å². The summed E-state index contributed by atoms with van der Waals surface area (Å²) >= 11 is 0. The molecule has 5 aliphatic carbocycles. The minimum Gasteiger partial charge on any atom is -0.462 e. The van der Waals surface area contributed by atoms with Gasteiger partial charge < -0.3 is 4.74 Å². The van der Waals surface area contributed by atoms with Gasteiger partial charge in [-0.3, -0.25) is 19.4 Å². The number of nitrogens with one attached hydrogen (secondary N) is 1. The van der Waals surface area contributed by atoms with Crippen LogP contribution in [0, 0.1) is 50.2 Å². The average molecular weight is 621 g/mol. The maximum atomic E-state index is 14.5. The van der Waals surface area contributed by atoms with E-state index in [9.17, 15) is 19.2 Å². The van der Waals surface area contributed by atoms with Gasteiger partial charge in [-0.05, 0) is 110 Å². The highest BCUT2D eigenvalue weighted by atomic mass is 16.5. The van der Waals surface area contributed by atoms with E-state index < -0.39 is 16.7 Å². The standard InChI is InChI=1S/C38H56N2O5/c1-9-10-30(42)45-28-14-16-35(6)26(34(28,4)5)13-17-37(8)27(35)12-11-24-25-23-33(2,3)18-20-38(25,21-19-36(24,37)7)31(43)40-22-15-29(41)39-32(40)44/h11,15,22,25-28H,9-10,12-14,16-21,23H2,1-8H3,(H,39,41,44)/t25-,26-,27+,28-,35-,36+,37+,38-/m0/s1. The van der Waals surface area contributed by atoms with Crippen LogP contribution in [-0.2, 0) is 9.53 Å². The molecule has 0 radical (unpaired) electrons. The summed E-state index contributed by atoms with van der Waals surface area (Å²) in [5, 5.41) is 0. The molecule has 1 aromatic rings. The third-order valence-corrected chi connectivity index (χ3v) is 14.8. The van der Waals surface area contributed by atoms with Gasteiger partial charge in [0.15, 0.2) is 0 Å². The van der Waals surface area contributed by atoms with Crippen molar-refractivity contribution in [2.45, 2.75) is 139 Å². The third-order valence-electron chi connectivity index (χ3n) is 14.8. The second-order valence-electron chi connectivity index (χ2n) is 17.7. The summed E-state index contributed by atoms with van der Waals surface area (Å²) in [5.74, 6) is 0.843. The number of carbonyl (C=O) groups excluding carboxylic acids is 2. The fourth-order valence-electron chi connectivity index (χ4n) is 12.1. The number of carbonyl (C=O) groups is 2. The minimum atomic E-state index is -0.643. The second kappa shape index (κ2) is 10.5. The minimum absolute atomic E-state index is 0.0358. The number of aromatic amines is 1. The fraction of sp³-hybridized carbons (Fsp3) is 0.789. The van der Waals surface area contributed by atoms with E-state index in [1.807, 2.05) is 6.92 Å². The van der Waals surface area contributed by atoms with Crippen molar-refractivity contribution in [1.29, 1.82) is 0 Å². The van der Waals surface area contributed by atoms with Gasteiger partial charge >= 0.3 is 11.7 Å². The predicted octanol–water partition coefficient (Wildman–Crippen LogP) is 7.69. The molecule has 0 saturated heterocycles. The van der Waals surface area contributed by atoms with Crippen molar-refractivity contribution < 1.29 is 14.3 Å². The number of ether oxygens (including phenoxy) is 1. The molecule has 6 rings (SSSR count). The van der Waals surface area contributed by atoms with E-state index in [1.54, 1.807) is 0 Å². The number of hydrogen-bond donors (Lipinski definition) is 1. The Kier molecular flexibility index (Phi) is 7.61. The van der Waals surface area contributed by atoms with Gasteiger partial charge in [-0.15, -0.1) is 0 Å². The van der Waals surface area contributed by atoms with Crippen molar-refractivity contribution in [3.8, 4) is 0 Å². The highest BCUT2D eigenvalue weighted by Crippen LogP contribution is 2.76. The van der Waals surface area contributed by atoms with Crippen molar-refractivity contribution in [2.24, 2.45) is 50.2 Å². The zero-order chi connectivity index (χ0) is 32.8. The summed E-state index contributed by atoms with van der Waals surface area (Å²) in [7, 11) is 0. The van der Waals surface area contributed by atoms with Gasteiger partial charge in [-0.25, -0.2) is 9.36 Å². The zero-order valence-corrected chi connectivity index (χ0v) is 29.0. The van der Waals surface area contributed by atoms with Gasteiger partial charge in [0.25, 0.3) is 5.56 Å². The molecule has 4 saturated carbocycles. The van der Waals surface area contributed by atoms with Crippen LogP contribution in [0.2, 0.25) is 0 Å². The fourth-order valence-corrected chi connectivity index (χ4v) is 12.1. The number of hydrogen-bond acceptors (Lipinski definition) is 5. The van der Waals surface area contributed by atoms with Crippen LogP contribution in [0.1, 0.15) is 137 Å². The van der Waals surface area contributed by atoms with Gasteiger partial charge in [-0.2, -0.15) is 0 Å². The van der Waals surface area contributed by atoms with Crippen molar-refractivity contribution in [2.75, 3.05) is 0 Å². The maximum Gasteiger partial charge on any atom is 0.335 e. The highest BCUT2D eigenvalue weighted by Gasteiger charge is 2.69. The molecular weight excluding hydrogens is 564 g/mol. The van der Waals surface area contributed by atoms with Gasteiger partial charge in [0.05, 0.1) is 5.41 Å². The van der Waals surface area contributed by atoms with E-state index >= 15 is 0 Å². The molecule has 0 aromatic carbocycles. The van der Waals surface area contributed by atoms with E-state index in [-0.39, 0.29) is 51.0 Å². The van der Waals surface area contributed by atoms with Crippen LogP contribution in [-0.4, -0.2) is 27.5 Å². The molecule has 0 spiro atoms. The second-order valence-corrected chi connectivity index (χ2v) is 17.7. The number of nitrogens with zero attached hydrogens (tertiary/aromatic N) is 1. The van der Waals surface area contributed by atoms with E-state index in [1.165, 1.54) is 22.4 Å². The molecule has 248 valence electrons. The first-order chi connectivity index (χ1) is 20.9. The number of allylic oxidation sites excluding steroid dienone is 2. The van der Waals surface area contributed by atoms with E-state index in [2.05, 4.69) is 59.5 Å². The first kappa shape index (κ1) is 32.5. The van der Waals surface area contributed by atoms with Crippen molar-refractivity contribution in [1.82, 2.24) is 9.55 Å². The molecule has 0 amide bonds. The van der Waals surface area contributed by atoms with Crippen molar-refractivity contribution in [3.63, 3.8) is 0 Å². The molecule has 0 aliphatic heterocycles. The Morgan fingerprint density at radius 1 is 0.933 bits per heavy atom. The van der Waals surface area contributed by atoms with E-state index in [0.29, 0.717) is 18.3 Å². The lowest BCUT2D eigenvalue weighted by molar-refractivity contribution is -0.212. The van der Waals surface area contributed by atoms with Gasteiger partial charge in [0.1, 0.15) is 6.10 Å². The molecule has 1 aromatic heterocycles. The van der Waals surface area contributed by atoms with Gasteiger partial charge in [-0.1, -0.05) is 67.0 Å². The Balaban J connectivity index is 1.38. The Bertz CT molecular complexity index is 1530. The Hall–Kier alpha value is -2.44. The molecule has 7 nitrogen and oxygen atoms in total. The molecular formula is C38H56N2O5. The van der Waals surface area contributed by atoms with Gasteiger partial charge in [0, 0.05) is 24.1 Å². The average Bonchev–Trinajstić information content (AvgIpc) is 2.94. The number of H-pyrrole nitrogens is 1. The van der Waals surface area contributed by atoms with Crippen LogP contribution >= 0.6 is 0 Å². The van der Waals surface area contributed by atoms with Crippen molar-refractivity contribution >= 4 is 11.9 Å². The maximum absolute atomic E-state index is 14.5. The predicted molar refractivity (Wildman–Crippen MR) is 176 cm³/mol. The molecule has 0 bridgehead atoms. The Morgan fingerprint density at radius 2 is 1.64 bits per heavy atom. The number of fused-ring (bicyclic) bond motifs is 7.